The van der Waals surface area contributed by atoms with Crippen LogP contribution in [0.4, 0.5) is 17.1 Å². The summed E-state index contributed by atoms with van der Waals surface area (Å²) in [6, 6.07) is 13.7. The molecule has 0 saturated heterocycles. The van der Waals surface area contributed by atoms with Crippen molar-refractivity contribution in [2.75, 3.05) is 29.0 Å². The molecule has 0 fully saturated rings. The molecule has 3 N–H and O–H groups in total. The van der Waals surface area contributed by atoms with E-state index in [1.165, 1.54) is 5.56 Å². The zero-order valence-corrected chi connectivity index (χ0v) is 12.1. The van der Waals surface area contributed by atoms with Gasteiger partial charge in [-0.05, 0) is 36.2 Å². The van der Waals surface area contributed by atoms with Crippen molar-refractivity contribution in [1.29, 1.82) is 0 Å². The van der Waals surface area contributed by atoms with Crippen LogP contribution in [-0.2, 0) is 6.42 Å². The molecule has 0 atom stereocenters. The highest BCUT2D eigenvalue weighted by Crippen LogP contribution is 2.28. The van der Waals surface area contributed by atoms with Gasteiger partial charge < -0.3 is 16.0 Å². The van der Waals surface area contributed by atoms with Crippen LogP contribution in [0.3, 0.4) is 0 Å². The SMILES string of the molecule is CCc1ccc(NC(=O)c2cccc3c2NCCN3)cc1. The van der Waals surface area contributed by atoms with E-state index in [9.17, 15) is 4.79 Å². The molecule has 0 radical (unpaired) electrons. The first-order valence-corrected chi connectivity index (χ1v) is 7.29. The predicted molar refractivity (Wildman–Crippen MR) is 87.2 cm³/mol. The fraction of sp³-hybridized carbons (Fsp3) is 0.235. The van der Waals surface area contributed by atoms with Crippen LogP contribution in [0.25, 0.3) is 0 Å². The number of carbonyl (C=O) groups is 1. The second-order valence-electron chi connectivity index (χ2n) is 5.09. The van der Waals surface area contributed by atoms with Crippen LogP contribution < -0.4 is 16.0 Å². The molecule has 1 amide bonds. The van der Waals surface area contributed by atoms with E-state index in [1.54, 1.807) is 0 Å². The molecule has 1 aliphatic rings. The molecule has 2 aromatic carbocycles. The molecule has 2 aromatic rings. The van der Waals surface area contributed by atoms with Crippen molar-refractivity contribution < 1.29 is 4.79 Å². The number of anilines is 3. The maximum absolute atomic E-state index is 12.5. The Morgan fingerprint density at radius 1 is 1.10 bits per heavy atom. The zero-order chi connectivity index (χ0) is 14.7. The number of fused-ring (bicyclic) bond motifs is 1. The van der Waals surface area contributed by atoms with Gasteiger partial charge in [0.15, 0.2) is 0 Å². The summed E-state index contributed by atoms with van der Waals surface area (Å²) in [6.07, 6.45) is 0.996. The van der Waals surface area contributed by atoms with Gasteiger partial charge in [0.1, 0.15) is 0 Å². The third-order valence-corrected chi connectivity index (χ3v) is 3.67. The maximum Gasteiger partial charge on any atom is 0.257 e. The molecule has 0 spiro atoms. The Labute approximate surface area is 124 Å². The van der Waals surface area contributed by atoms with Crippen molar-refractivity contribution >= 4 is 23.0 Å². The number of amides is 1. The molecular formula is C17H19N3O. The fourth-order valence-corrected chi connectivity index (χ4v) is 2.49. The second kappa shape index (κ2) is 5.87. The summed E-state index contributed by atoms with van der Waals surface area (Å²) in [5, 5.41) is 9.54. The third kappa shape index (κ3) is 2.84. The van der Waals surface area contributed by atoms with Crippen molar-refractivity contribution in [3.8, 4) is 0 Å². The minimum atomic E-state index is -0.0905. The van der Waals surface area contributed by atoms with E-state index in [0.717, 1.165) is 36.6 Å². The Hall–Kier alpha value is -2.49. The van der Waals surface area contributed by atoms with Crippen molar-refractivity contribution in [3.63, 3.8) is 0 Å². The maximum atomic E-state index is 12.5. The van der Waals surface area contributed by atoms with Gasteiger partial charge in [0.25, 0.3) is 5.91 Å². The van der Waals surface area contributed by atoms with Crippen LogP contribution >= 0.6 is 0 Å². The fourth-order valence-electron chi connectivity index (χ4n) is 2.49. The van der Waals surface area contributed by atoms with Crippen LogP contribution in [0.1, 0.15) is 22.8 Å². The number of para-hydroxylation sites is 1. The molecule has 21 heavy (non-hydrogen) atoms. The lowest BCUT2D eigenvalue weighted by Gasteiger charge is -2.22. The van der Waals surface area contributed by atoms with Crippen molar-refractivity contribution in [1.82, 2.24) is 0 Å². The number of aryl methyl sites for hydroxylation is 1. The van der Waals surface area contributed by atoms with E-state index >= 15 is 0 Å². The average Bonchev–Trinajstić information content (AvgIpc) is 2.55. The van der Waals surface area contributed by atoms with E-state index in [4.69, 9.17) is 0 Å². The smallest absolute Gasteiger partial charge is 0.257 e. The molecule has 0 aliphatic carbocycles. The molecular weight excluding hydrogens is 262 g/mol. The number of nitrogens with one attached hydrogen (secondary N) is 3. The van der Waals surface area contributed by atoms with Crippen LogP contribution in [0, 0.1) is 0 Å². The zero-order valence-electron chi connectivity index (χ0n) is 12.1. The lowest BCUT2D eigenvalue weighted by molar-refractivity contribution is 0.102. The van der Waals surface area contributed by atoms with E-state index in [1.807, 2.05) is 42.5 Å². The molecule has 0 unspecified atom stereocenters. The Morgan fingerprint density at radius 2 is 1.86 bits per heavy atom. The van der Waals surface area contributed by atoms with Gasteiger partial charge in [0.2, 0.25) is 0 Å². The summed E-state index contributed by atoms with van der Waals surface area (Å²) >= 11 is 0. The van der Waals surface area contributed by atoms with Crippen molar-refractivity contribution in [3.05, 3.63) is 53.6 Å². The monoisotopic (exact) mass is 281 g/mol. The lowest BCUT2D eigenvalue weighted by Crippen LogP contribution is -2.24. The first-order valence-electron chi connectivity index (χ1n) is 7.29. The highest BCUT2D eigenvalue weighted by atomic mass is 16.1. The van der Waals surface area contributed by atoms with E-state index in [0.29, 0.717) is 5.56 Å². The largest absolute Gasteiger partial charge is 0.382 e. The minimum Gasteiger partial charge on any atom is -0.382 e. The molecule has 4 nitrogen and oxygen atoms in total. The van der Waals surface area contributed by atoms with Crippen LogP contribution in [0.5, 0.6) is 0 Å². The predicted octanol–water partition coefficient (Wildman–Crippen LogP) is 3.34. The molecule has 4 heteroatoms. The van der Waals surface area contributed by atoms with E-state index in [-0.39, 0.29) is 5.91 Å². The van der Waals surface area contributed by atoms with Crippen LogP contribution in [-0.4, -0.2) is 19.0 Å². The average molecular weight is 281 g/mol. The molecule has 1 heterocycles. The normalized spacial score (nSPS) is 12.8. The van der Waals surface area contributed by atoms with Gasteiger partial charge in [-0.1, -0.05) is 25.1 Å². The number of rotatable bonds is 3. The Bertz CT molecular complexity index is 650. The first kappa shape index (κ1) is 13.5. The van der Waals surface area contributed by atoms with Gasteiger partial charge in [-0.15, -0.1) is 0 Å². The summed E-state index contributed by atoms with van der Waals surface area (Å²) in [7, 11) is 0. The van der Waals surface area contributed by atoms with Gasteiger partial charge in [-0.2, -0.15) is 0 Å². The topological polar surface area (TPSA) is 53.2 Å². The Morgan fingerprint density at radius 3 is 2.62 bits per heavy atom. The second-order valence-corrected chi connectivity index (χ2v) is 5.09. The lowest BCUT2D eigenvalue weighted by atomic mass is 10.1. The molecule has 1 aliphatic heterocycles. The molecule has 108 valence electrons. The molecule has 0 aromatic heterocycles. The minimum absolute atomic E-state index is 0.0905. The van der Waals surface area contributed by atoms with Gasteiger partial charge in [0, 0.05) is 18.8 Å². The van der Waals surface area contributed by atoms with Gasteiger partial charge >= 0.3 is 0 Å². The van der Waals surface area contributed by atoms with Gasteiger partial charge in [-0.25, -0.2) is 0 Å². The molecule has 3 rings (SSSR count). The molecule has 0 saturated carbocycles. The quantitative estimate of drug-likeness (QED) is 0.809. The number of carbonyl (C=O) groups excluding carboxylic acids is 1. The first-order chi connectivity index (χ1) is 10.3. The van der Waals surface area contributed by atoms with Crippen molar-refractivity contribution in [2.45, 2.75) is 13.3 Å². The summed E-state index contributed by atoms with van der Waals surface area (Å²) in [5.74, 6) is -0.0905. The van der Waals surface area contributed by atoms with Crippen LogP contribution in [0.15, 0.2) is 42.5 Å². The highest BCUT2D eigenvalue weighted by Gasteiger charge is 2.17. The summed E-state index contributed by atoms with van der Waals surface area (Å²) in [6.45, 7) is 3.81. The van der Waals surface area contributed by atoms with Crippen molar-refractivity contribution in [2.24, 2.45) is 0 Å². The van der Waals surface area contributed by atoms with Gasteiger partial charge in [-0.3, -0.25) is 4.79 Å². The van der Waals surface area contributed by atoms with E-state index < -0.39 is 0 Å². The van der Waals surface area contributed by atoms with Gasteiger partial charge in [0.05, 0.1) is 16.9 Å². The summed E-state index contributed by atoms with van der Waals surface area (Å²) in [5.41, 5.74) is 4.61. The summed E-state index contributed by atoms with van der Waals surface area (Å²) in [4.78, 5) is 12.5. The highest BCUT2D eigenvalue weighted by molar-refractivity contribution is 6.10. The Kier molecular flexibility index (Phi) is 3.77. The van der Waals surface area contributed by atoms with Crippen LogP contribution in [0.2, 0.25) is 0 Å². The molecule has 0 bridgehead atoms. The Balaban J connectivity index is 1.82. The summed E-state index contributed by atoms with van der Waals surface area (Å²) < 4.78 is 0. The number of hydrogen-bond donors (Lipinski definition) is 3. The van der Waals surface area contributed by atoms with E-state index in [2.05, 4.69) is 22.9 Å². The standard InChI is InChI=1S/C17H19N3O/c1-2-12-6-8-13(9-7-12)20-17(21)14-4-3-5-15-16(14)19-11-10-18-15/h3-9,18-19H,2,10-11H2,1H3,(H,20,21). The third-order valence-electron chi connectivity index (χ3n) is 3.67. The number of benzene rings is 2. The number of hydrogen-bond acceptors (Lipinski definition) is 3.